The molecule has 0 saturated heterocycles. The van der Waals surface area contributed by atoms with Gasteiger partial charge < -0.3 is 14.9 Å². The third-order valence-electron chi connectivity index (χ3n) is 5.20. The molecule has 2 N–H and O–H groups in total. The van der Waals surface area contributed by atoms with Crippen LogP contribution in [0.1, 0.15) is 74.6 Å². The van der Waals surface area contributed by atoms with Gasteiger partial charge in [-0.05, 0) is 43.2 Å². The molecular formula is C25H34O5S. The Kier molecular flexibility index (Phi) is 11.8. The van der Waals surface area contributed by atoms with Crippen LogP contribution in [0.15, 0.2) is 53.4 Å². The Morgan fingerprint density at radius 3 is 2.00 bits per heavy atom. The van der Waals surface area contributed by atoms with Gasteiger partial charge in [0.25, 0.3) is 0 Å². The monoisotopic (exact) mass is 446 g/mol. The van der Waals surface area contributed by atoms with E-state index in [-0.39, 0.29) is 11.3 Å². The van der Waals surface area contributed by atoms with E-state index in [0.717, 1.165) is 36.3 Å². The highest BCUT2D eigenvalue weighted by molar-refractivity contribution is 7.85. The van der Waals surface area contributed by atoms with Gasteiger partial charge >= 0.3 is 5.97 Å². The first kappa shape index (κ1) is 24.9. The van der Waals surface area contributed by atoms with Gasteiger partial charge in [0.1, 0.15) is 17.1 Å². The lowest BCUT2D eigenvalue weighted by molar-refractivity contribution is 0.0693. The lowest BCUT2D eigenvalue weighted by atomic mass is 10.1. The summed E-state index contributed by atoms with van der Waals surface area (Å²) in [6.07, 6.45) is 11.6. The van der Waals surface area contributed by atoms with Crippen molar-refractivity contribution in [1.82, 2.24) is 0 Å². The summed E-state index contributed by atoms with van der Waals surface area (Å²) in [6, 6.07) is 14.0. The number of ether oxygens (including phenoxy) is 1. The molecule has 1 atom stereocenters. The molecule has 0 bridgehead atoms. The first-order valence-corrected chi connectivity index (χ1v) is 12.5. The third-order valence-corrected chi connectivity index (χ3v) is 6.65. The summed E-state index contributed by atoms with van der Waals surface area (Å²) in [6.45, 7) is 0.550. The number of benzene rings is 2. The van der Waals surface area contributed by atoms with E-state index >= 15 is 0 Å². The van der Waals surface area contributed by atoms with Gasteiger partial charge in [-0.15, -0.1) is 0 Å². The quantitative estimate of drug-likeness (QED) is 0.301. The van der Waals surface area contributed by atoms with Crippen LogP contribution in [0.3, 0.4) is 0 Å². The number of carboxylic acids is 1. The molecule has 0 saturated carbocycles. The summed E-state index contributed by atoms with van der Waals surface area (Å²) in [7, 11) is -0.862. The minimum absolute atomic E-state index is 0.137. The van der Waals surface area contributed by atoms with Crippen LogP contribution in [-0.2, 0) is 10.8 Å². The van der Waals surface area contributed by atoms with Crippen molar-refractivity contribution in [3.8, 4) is 11.5 Å². The maximum absolute atomic E-state index is 12.1. The summed E-state index contributed by atoms with van der Waals surface area (Å²) in [5.41, 5.74) is -0.137. The number of carboxylic acid groups (broad SMARTS) is 1. The molecule has 0 aliphatic rings. The predicted molar refractivity (Wildman–Crippen MR) is 124 cm³/mol. The van der Waals surface area contributed by atoms with E-state index in [4.69, 9.17) is 9.84 Å². The summed E-state index contributed by atoms with van der Waals surface area (Å²) >= 11 is 0. The average molecular weight is 447 g/mol. The van der Waals surface area contributed by atoms with Crippen LogP contribution in [-0.4, -0.2) is 32.8 Å². The topological polar surface area (TPSA) is 83.8 Å². The maximum Gasteiger partial charge on any atom is 0.339 e. The fourth-order valence-electron chi connectivity index (χ4n) is 3.41. The lowest BCUT2D eigenvalue weighted by Gasteiger charge is -2.08. The van der Waals surface area contributed by atoms with E-state index in [1.54, 1.807) is 6.07 Å². The van der Waals surface area contributed by atoms with Crippen LogP contribution >= 0.6 is 0 Å². The first-order valence-electron chi connectivity index (χ1n) is 11.2. The van der Waals surface area contributed by atoms with Gasteiger partial charge in [0.05, 0.1) is 17.4 Å². The van der Waals surface area contributed by atoms with Crippen LogP contribution < -0.4 is 4.74 Å². The molecule has 0 amide bonds. The standard InChI is InChI=1S/C25H34O5S/c26-24-17-16-21(20-23(24)25(27)28)30-18-12-7-5-3-1-2-4-6-8-13-19-31(29)22-14-10-9-11-15-22/h9-11,14-17,20,26H,1-8,12-13,18-19H2,(H,27,28). The minimum atomic E-state index is -1.16. The summed E-state index contributed by atoms with van der Waals surface area (Å²) in [5, 5.41) is 18.5. The Morgan fingerprint density at radius 2 is 1.39 bits per heavy atom. The maximum atomic E-state index is 12.1. The van der Waals surface area contributed by atoms with E-state index in [0.29, 0.717) is 12.4 Å². The number of aromatic carboxylic acids is 1. The second-order valence-electron chi connectivity index (χ2n) is 7.73. The number of unbranched alkanes of at least 4 members (excludes halogenated alkanes) is 9. The van der Waals surface area contributed by atoms with E-state index in [2.05, 4.69) is 0 Å². The van der Waals surface area contributed by atoms with Crippen LogP contribution in [0.4, 0.5) is 0 Å². The first-order chi connectivity index (χ1) is 15.1. The minimum Gasteiger partial charge on any atom is -0.507 e. The molecule has 0 aromatic heterocycles. The molecule has 0 aliphatic carbocycles. The second kappa shape index (κ2) is 14.6. The van der Waals surface area contributed by atoms with Crippen molar-refractivity contribution in [1.29, 1.82) is 0 Å². The lowest BCUT2D eigenvalue weighted by Crippen LogP contribution is -2.01. The van der Waals surface area contributed by atoms with E-state index < -0.39 is 16.8 Å². The van der Waals surface area contributed by atoms with Crippen molar-refractivity contribution in [2.45, 2.75) is 69.1 Å². The molecule has 2 rings (SSSR count). The zero-order valence-electron chi connectivity index (χ0n) is 18.1. The fourth-order valence-corrected chi connectivity index (χ4v) is 4.57. The molecule has 5 nitrogen and oxygen atoms in total. The molecule has 2 aromatic rings. The number of aromatic hydroxyl groups is 1. The molecule has 31 heavy (non-hydrogen) atoms. The Bertz CT molecular complexity index is 807. The van der Waals surface area contributed by atoms with Crippen LogP contribution in [0.5, 0.6) is 11.5 Å². The summed E-state index contributed by atoms with van der Waals surface area (Å²) < 4.78 is 17.7. The normalized spacial score (nSPS) is 11.9. The van der Waals surface area contributed by atoms with Crippen molar-refractivity contribution >= 4 is 16.8 Å². The van der Waals surface area contributed by atoms with E-state index in [9.17, 15) is 14.1 Å². The zero-order chi connectivity index (χ0) is 22.3. The molecule has 0 radical (unpaired) electrons. The summed E-state index contributed by atoms with van der Waals surface area (Å²) in [5.74, 6) is -0.177. The molecule has 2 aromatic carbocycles. The number of hydrogen-bond donors (Lipinski definition) is 2. The highest BCUT2D eigenvalue weighted by Gasteiger charge is 2.10. The highest BCUT2D eigenvalue weighted by atomic mass is 32.2. The smallest absolute Gasteiger partial charge is 0.339 e. The predicted octanol–water partition coefficient (Wildman–Crippen LogP) is 6.18. The van der Waals surface area contributed by atoms with Crippen molar-refractivity contribution < 1.29 is 24.0 Å². The van der Waals surface area contributed by atoms with Gasteiger partial charge in [0, 0.05) is 10.6 Å². The number of rotatable bonds is 16. The van der Waals surface area contributed by atoms with Crippen LogP contribution in [0.2, 0.25) is 0 Å². The Hall–Kier alpha value is -2.34. The van der Waals surface area contributed by atoms with Gasteiger partial charge in [0.2, 0.25) is 0 Å². The van der Waals surface area contributed by atoms with Crippen molar-refractivity contribution in [3.63, 3.8) is 0 Å². The second-order valence-corrected chi connectivity index (χ2v) is 9.30. The molecular weight excluding hydrogens is 412 g/mol. The number of phenols is 1. The molecule has 6 heteroatoms. The van der Waals surface area contributed by atoms with Crippen LogP contribution in [0, 0.1) is 0 Å². The van der Waals surface area contributed by atoms with Gasteiger partial charge in [-0.25, -0.2) is 4.79 Å². The van der Waals surface area contributed by atoms with Crippen molar-refractivity contribution in [2.75, 3.05) is 12.4 Å². The molecule has 0 fully saturated rings. The summed E-state index contributed by atoms with van der Waals surface area (Å²) in [4.78, 5) is 11.9. The van der Waals surface area contributed by atoms with E-state index in [1.807, 2.05) is 30.3 Å². The van der Waals surface area contributed by atoms with Crippen LogP contribution in [0.25, 0.3) is 0 Å². The van der Waals surface area contributed by atoms with Gasteiger partial charge in [-0.2, -0.15) is 0 Å². The molecule has 0 heterocycles. The Balaban J connectivity index is 1.39. The average Bonchev–Trinajstić information content (AvgIpc) is 2.78. The third kappa shape index (κ3) is 10.0. The molecule has 1 unspecified atom stereocenters. The number of carbonyl (C=O) groups is 1. The zero-order valence-corrected chi connectivity index (χ0v) is 18.9. The van der Waals surface area contributed by atoms with Gasteiger partial charge in [-0.3, -0.25) is 4.21 Å². The largest absolute Gasteiger partial charge is 0.507 e. The SMILES string of the molecule is O=C(O)c1cc(OCCCCCCCCCCCCS(=O)c2ccccc2)ccc1O. The van der Waals surface area contributed by atoms with Crippen molar-refractivity contribution in [3.05, 3.63) is 54.1 Å². The number of hydrogen-bond acceptors (Lipinski definition) is 4. The molecule has 0 aliphatic heterocycles. The highest BCUT2D eigenvalue weighted by Crippen LogP contribution is 2.23. The Morgan fingerprint density at radius 1 is 0.806 bits per heavy atom. The Labute approximate surface area is 187 Å². The fraction of sp³-hybridized carbons (Fsp3) is 0.480. The molecule has 170 valence electrons. The van der Waals surface area contributed by atoms with Gasteiger partial charge in [-0.1, -0.05) is 69.6 Å². The van der Waals surface area contributed by atoms with Gasteiger partial charge in [0.15, 0.2) is 0 Å². The molecule has 0 spiro atoms. The van der Waals surface area contributed by atoms with E-state index in [1.165, 1.54) is 50.7 Å². The van der Waals surface area contributed by atoms with Crippen molar-refractivity contribution in [2.24, 2.45) is 0 Å².